The Morgan fingerprint density at radius 1 is 0.955 bits per heavy atom. The summed E-state index contributed by atoms with van der Waals surface area (Å²) >= 11 is 1.72. The smallest absolute Gasteiger partial charge is 0.242 e. The summed E-state index contributed by atoms with van der Waals surface area (Å²) in [6, 6.07) is 18.4. The van der Waals surface area contributed by atoms with Gasteiger partial charge in [0.25, 0.3) is 0 Å². The van der Waals surface area contributed by atoms with Crippen LogP contribution < -0.4 is 4.74 Å². The minimum atomic E-state index is 0.574. The zero-order valence-corrected chi connectivity index (χ0v) is 12.9. The minimum absolute atomic E-state index is 0.574. The van der Waals surface area contributed by atoms with E-state index in [0.29, 0.717) is 12.5 Å². The Morgan fingerprint density at radius 3 is 2.45 bits per heavy atom. The third-order valence-corrected chi connectivity index (χ3v) is 4.60. The Bertz CT molecular complexity index is 929. The number of hydrogen-bond acceptors (Lipinski definition) is 4. The summed E-state index contributed by atoms with van der Waals surface area (Å²) in [4.78, 5) is 10.5. The molecule has 0 amide bonds. The van der Waals surface area contributed by atoms with Crippen LogP contribution in [0.15, 0.2) is 54.6 Å². The van der Waals surface area contributed by atoms with Gasteiger partial charge in [-0.2, -0.15) is 0 Å². The Morgan fingerprint density at radius 2 is 1.68 bits per heavy atom. The second-order valence-electron chi connectivity index (χ2n) is 4.95. The molecule has 0 aliphatic heterocycles. The van der Waals surface area contributed by atoms with Crippen LogP contribution in [0.4, 0.5) is 0 Å². The first-order valence-electron chi connectivity index (χ1n) is 7.23. The predicted molar refractivity (Wildman–Crippen MR) is 91.5 cm³/mol. The first-order chi connectivity index (χ1) is 10.8. The van der Waals surface area contributed by atoms with Crippen molar-refractivity contribution in [3.63, 3.8) is 0 Å². The molecule has 0 aliphatic rings. The van der Waals surface area contributed by atoms with Gasteiger partial charge in [-0.1, -0.05) is 30.3 Å². The lowest BCUT2D eigenvalue weighted by Gasteiger charge is -2.08. The van der Waals surface area contributed by atoms with Crippen molar-refractivity contribution in [3.8, 4) is 16.5 Å². The van der Waals surface area contributed by atoms with E-state index in [4.69, 9.17) is 9.72 Å². The average molecular weight is 306 g/mol. The summed E-state index contributed by atoms with van der Waals surface area (Å²) < 4.78 is 6.97. The number of benzene rings is 2. The molecule has 0 radical (unpaired) electrons. The second-order valence-corrected chi connectivity index (χ2v) is 6.03. The Labute approximate surface area is 132 Å². The first kappa shape index (κ1) is 13.2. The van der Waals surface area contributed by atoms with Gasteiger partial charge in [0.05, 0.1) is 22.5 Å². The second kappa shape index (κ2) is 5.39. The van der Waals surface area contributed by atoms with Gasteiger partial charge in [0.15, 0.2) is 0 Å². The molecule has 0 saturated carbocycles. The van der Waals surface area contributed by atoms with E-state index in [9.17, 15) is 0 Å². The van der Waals surface area contributed by atoms with Crippen molar-refractivity contribution in [3.05, 3.63) is 54.6 Å². The van der Waals surface area contributed by atoms with Gasteiger partial charge in [0.1, 0.15) is 5.69 Å². The quantitative estimate of drug-likeness (QED) is 0.539. The lowest BCUT2D eigenvalue weighted by molar-refractivity contribution is 0.328. The van der Waals surface area contributed by atoms with Crippen molar-refractivity contribution in [1.29, 1.82) is 0 Å². The molecule has 0 fully saturated rings. The Balaban J connectivity index is 1.96. The number of nitrogens with zero attached hydrogens (tertiary/aromatic N) is 2. The topological polar surface area (TPSA) is 35.0 Å². The summed E-state index contributed by atoms with van der Waals surface area (Å²) in [6.45, 7) is 2.54. The highest BCUT2D eigenvalue weighted by atomic mass is 32.1. The number of hydrogen-bond donors (Lipinski definition) is 0. The van der Waals surface area contributed by atoms with Crippen LogP contribution in [0.5, 0.6) is 5.88 Å². The maximum atomic E-state index is 5.73. The minimum Gasteiger partial charge on any atom is -0.476 e. The van der Waals surface area contributed by atoms with E-state index in [1.807, 2.05) is 37.3 Å². The van der Waals surface area contributed by atoms with Crippen molar-refractivity contribution in [2.24, 2.45) is 0 Å². The Hall–Kier alpha value is -2.46. The van der Waals surface area contributed by atoms with Crippen LogP contribution in [0.2, 0.25) is 0 Å². The van der Waals surface area contributed by atoms with Crippen molar-refractivity contribution >= 4 is 32.5 Å². The van der Waals surface area contributed by atoms with Gasteiger partial charge in [-0.25, -0.2) is 9.97 Å². The number of aromatic nitrogens is 2. The van der Waals surface area contributed by atoms with Crippen LogP contribution in [-0.4, -0.2) is 16.6 Å². The highest BCUT2D eigenvalue weighted by Gasteiger charge is 2.14. The van der Waals surface area contributed by atoms with Gasteiger partial charge < -0.3 is 4.74 Å². The molecule has 108 valence electrons. The molecule has 0 aliphatic carbocycles. The zero-order valence-electron chi connectivity index (χ0n) is 12.1. The zero-order chi connectivity index (χ0) is 14.9. The van der Waals surface area contributed by atoms with Gasteiger partial charge in [0, 0.05) is 4.70 Å². The van der Waals surface area contributed by atoms with E-state index in [1.165, 1.54) is 10.1 Å². The van der Waals surface area contributed by atoms with Crippen LogP contribution in [0.25, 0.3) is 31.7 Å². The van der Waals surface area contributed by atoms with E-state index in [-0.39, 0.29) is 0 Å². The molecular formula is C18H14N2OS. The summed E-state index contributed by atoms with van der Waals surface area (Å²) in [5.74, 6) is 0.604. The van der Waals surface area contributed by atoms with Gasteiger partial charge >= 0.3 is 0 Å². The molecule has 22 heavy (non-hydrogen) atoms. The Kier molecular flexibility index (Phi) is 3.24. The molecule has 2 aromatic heterocycles. The average Bonchev–Trinajstić information content (AvgIpc) is 2.98. The SMILES string of the molecule is CCOc1nc2ccccc2nc1-c1cc2ccccc2s1. The highest BCUT2D eigenvalue weighted by molar-refractivity contribution is 7.22. The number of fused-ring (bicyclic) bond motifs is 2. The normalized spacial score (nSPS) is 11.1. The van der Waals surface area contributed by atoms with Crippen LogP contribution in [-0.2, 0) is 0 Å². The lowest BCUT2D eigenvalue weighted by Crippen LogP contribution is -1.99. The summed E-state index contributed by atoms with van der Waals surface area (Å²) in [7, 11) is 0. The van der Waals surface area contributed by atoms with Crippen molar-refractivity contribution in [2.45, 2.75) is 6.92 Å². The third kappa shape index (κ3) is 2.22. The highest BCUT2D eigenvalue weighted by Crippen LogP contribution is 2.37. The van der Waals surface area contributed by atoms with Crippen molar-refractivity contribution < 1.29 is 4.74 Å². The summed E-state index contributed by atoms with van der Waals surface area (Å²) in [5.41, 5.74) is 2.57. The molecule has 0 saturated heterocycles. The van der Waals surface area contributed by atoms with Gasteiger partial charge in [-0.15, -0.1) is 11.3 Å². The molecule has 2 heterocycles. The molecular weight excluding hydrogens is 292 g/mol. The van der Waals surface area contributed by atoms with Gasteiger partial charge in [-0.05, 0) is 36.6 Å². The van der Waals surface area contributed by atoms with Crippen LogP contribution >= 0.6 is 11.3 Å². The number of rotatable bonds is 3. The van der Waals surface area contributed by atoms with Crippen molar-refractivity contribution in [1.82, 2.24) is 9.97 Å². The fourth-order valence-electron chi connectivity index (χ4n) is 2.48. The van der Waals surface area contributed by atoms with Crippen molar-refractivity contribution in [2.75, 3.05) is 6.61 Å². The monoisotopic (exact) mass is 306 g/mol. The molecule has 3 nitrogen and oxygen atoms in total. The van der Waals surface area contributed by atoms with Gasteiger partial charge in [0.2, 0.25) is 5.88 Å². The van der Waals surface area contributed by atoms with E-state index in [0.717, 1.165) is 21.6 Å². The molecule has 4 rings (SSSR count). The molecule has 0 unspecified atom stereocenters. The number of para-hydroxylation sites is 2. The fourth-order valence-corrected chi connectivity index (χ4v) is 3.52. The predicted octanol–water partition coefficient (Wildman–Crippen LogP) is 4.91. The standard InChI is InChI=1S/C18H14N2OS/c1-2-21-18-17(19-13-8-4-5-9-14(13)20-18)16-11-12-7-3-6-10-15(12)22-16/h3-11H,2H2,1H3. The fraction of sp³-hybridized carbons (Fsp3) is 0.111. The molecule has 0 bridgehead atoms. The van der Waals surface area contributed by atoms with E-state index in [1.54, 1.807) is 11.3 Å². The van der Waals surface area contributed by atoms with E-state index >= 15 is 0 Å². The molecule has 4 heteroatoms. The maximum Gasteiger partial charge on any atom is 0.242 e. The summed E-state index contributed by atoms with van der Waals surface area (Å²) in [5, 5.41) is 1.22. The molecule has 0 atom stereocenters. The lowest BCUT2D eigenvalue weighted by atomic mass is 10.2. The first-order valence-corrected chi connectivity index (χ1v) is 8.05. The molecule has 0 N–H and O–H groups in total. The number of ether oxygens (including phenoxy) is 1. The van der Waals surface area contributed by atoms with Gasteiger partial charge in [-0.3, -0.25) is 0 Å². The maximum absolute atomic E-state index is 5.73. The summed E-state index contributed by atoms with van der Waals surface area (Å²) in [6.07, 6.45) is 0. The van der Waals surface area contributed by atoms with Crippen LogP contribution in [0.1, 0.15) is 6.92 Å². The molecule has 4 aromatic rings. The van der Waals surface area contributed by atoms with Crippen LogP contribution in [0, 0.1) is 0 Å². The number of thiophene rings is 1. The van der Waals surface area contributed by atoms with E-state index < -0.39 is 0 Å². The van der Waals surface area contributed by atoms with E-state index in [2.05, 4.69) is 29.2 Å². The van der Waals surface area contributed by atoms with Crippen LogP contribution in [0.3, 0.4) is 0 Å². The molecule has 0 spiro atoms. The largest absolute Gasteiger partial charge is 0.476 e. The third-order valence-electron chi connectivity index (χ3n) is 3.48. The molecule has 2 aromatic carbocycles.